The van der Waals surface area contributed by atoms with Crippen molar-refractivity contribution in [1.82, 2.24) is 15.0 Å². The molecule has 5 rings (SSSR count). The Morgan fingerprint density at radius 1 is 0.898 bits per heavy atom. The van der Waals surface area contributed by atoms with Crippen LogP contribution in [0.2, 0.25) is 0 Å². The van der Waals surface area contributed by atoms with Crippen molar-refractivity contribution < 1.29 is 34.4 Å². The molecule has 0 bridgehead atoms. The van der Waals surface area contributed by atoms with Gasteiger partial charge in [0.2, 0.25) is 0 Å². The fourth-order valence-corrected chi connectivity index (χ4v) is 6.05. The van der Waals surface area contributed by atoms with Crippen LogP contribution in [0, 0.1) is 23.8 Å². The van der Waals surface area contributed by atoms with Gasteiger partial charge in [-0.05, 0) is 61.6 Å². The quantitative estimate of drug-likeness (QED) is 0.0810. The molecule has 0 saturated carbocycles. The predicted molar refractivity (Wildman–Crippen MR) is 198 cm³/mol. The van der Waals surface area contributed by atoms with Gasteiger partial charge in [0.05, 0.1) is 12.0 Å². The van der Waals surface area contributed by atoms with E-state index in [1.54, 1.807) is 6.33 Å². The van der Waals surface area contributed by atoms with Crippen molar-refractivity contribution in [2.24, 2.45) is 17.8 Å². The molecule has 3 heterocycles. The van der Waals surface area contributed by atoms with Gasteiger partial charge in [0, 0.05) is 54.8 Å². The van der Waals surface area contributed by atoms with Crippen molar-refractivity contribution in [2.75, 3.05) is 0 Å². The summed E-state index contributed by atoms with van der Waals surface area (Å²) >= 11 is 0. The van der Waals surface area contributed by atoms with Crippen LogP contribution in [0.5, 0.6) is 0 Å². The van der Waals surface area contributed by atoms with Gasteiger partial charge >= 0.3 is 0 Å². The topological polar surface area (TPSA) is 89.1 Å². The van der Waals surface area contributed by atoms with E-state index in [0.717, 1.165) is 71.1 Å². The van der Waals surface area contributed by atoms with Crippen molar-refractivity contribution in [3.8, 4) is 22.7 Å². The molecule has 1 radical (unpaired) electrons. The predicted octanol–water partition coefficient (Wildman–Crippen LogP) is 11.3. The summed E-state index contributed by atoms with van der Waals surface area (Å²) in [4.78, 5) is 25.3. The van der Waals surface area contributed by atoms with Gasteiger partial charge in [-0.25, -0.2) is 4.98 Å². The number of furan rings is 1. The molecule has 2 aromatic carbocycles. The van der Waals surface area contributed by atoms with Gasteiger partial charge in [-0.2, -0.15) is 0 Å². The Labute approximate surface area is 306 Å². The van der Waals surface area contributed by atoms with Crippen molar-refractivity contribution in [3.05, 3.63) is 90.2 Å². The molecule has 0 fully saturated rings. The van der Waals surface area contributed by atoms with Crippen molar-refractivity contribution >= 4 is 27.5 Å². The maximum absolute atomic E-state index is 11.7. The van der Waals surface area contributed by atoms with E-state index in [-0.39, 0.29) is 48.9 Å². The van der Waals surface area contributed by atoms with E-state index in [0.29, 0.717) is 11.7 Å². The van der Waals surface area contributed by atoms with Gasteiger partial charge in [-0.15, -0.1) is 29.1 Å². The Morgan fingerprint density at radius 2 is 1.55 bits per heavy atom. The zero-order chi connectivity index (χ0) is 35.0. The van der Waals surface area contributed by atoms with Crippen LogP contribution >= 0.6 is 0 Å². The standard InChI is InChI=1S/C29H28N3O.C13H24O2.Ir/c1-18(2)10-22-12-21-14-27(33-28(21)16-30-22)26-15-25(31-17-32-26)20-11-19-8-6-7-9-23(19)24(13-20)29(3,4)5;1-5-10(6-2)12(14)9-13(15)11(7-3)8-4;/h6-9,12-18H,10H2,1-5H3;9-11,14H,5-8H2,1-4H3;/q-1;;/b;12-9-;. The minimum atomic E-state index is -0.00125. The molecule has 0 unspecified atom stereocenters. The van der Waals surface area contributed by atoms with E-state index in [4.69, 9.17) is 4.42 Å². The smallest absolute Gasteiger partial charge is 0.162 e. The van der Waals surface area contributed by atoms with E-state index in [1.165, 1.54) is 17.0 Å². The van der Waals surface area contributed by atoms with E-state index >= 15 is 0 Å². The number of carbonyl (C=O) groups is 1. The van der Waals surface area contributed by atoms with E-state index in [9.17, 15) is 9.90 Å². The average molecular weight is 839 g/mol. The zero-order valence-electron chi connectivity index (χ0n) is 30.6. The second-order valence-electron chi connectivity index (χ2n) is 14.1. The van der Waals surface area contributed by atoms with Crippen molar-refractivity contribution in [3.63, 3.8) is 0 Å². The van der Waals surface area contributed by atoms with Gasteiger partial charge in [0.25, 0.3) is 0 Å². The van der Waals surface area contributed by atoms with Crippen LogP contribution in [-0.2, 0) is 36.7 Å². The van der Waals surface area contributed by atoms with Crippen molar-refractivity contribution in [2.45, 2.75) is 99.8 Å². The van der Waals surface area contributed by atoms with Crippen LogP contribution in [0.25, 0.3) is 44.5 Å². The summed E-state index contributed by atoms with van der Waals surface area (Å²) in [5.74, 6) is 1.82. The van der Waals surface area contributed by atoms with Gasteiger partial charge in [0.15, 0.2) is 17.1 Å². The monoisotopic (exact) mass is 839 g/mol. The maximum Gasteiger partial charge on any atom is 0.162 e. The Kier molecular flexibility index (Phi) is 14.5. The summed E-state index contributed by atoms with van der Waals surface area (Å²) in [5, 5.41) is 13.1. The number of fused-ring (bicyclic) bond motifs is 2. The third kappa shape index (κ3) is 10.2. The number of hydrogen-bond acceptors (Lipinski definition) is 6. The molecule has 3 aromatic heterocycles. The first-order chi connectivity index (χ1) is 22.9. The summed E-state index contributed by atoms with van der Waals surface area (Å²) in [6, 6.07) is 20.3. The number of hydrogen-bond donors (Lipinski definition) is 1. The molecule has 7 heteroatoms. The molecule has 0 aliphatic carbocycles. The number of nitrogens with zero attached hydrogens (tertiary/aromatic N) is 3. The Hall–Kier alpha value is -3.67. The molecule has 0 aliphatic heterocycles. The molecule has 49 heavy (non-hydrogen) atoms. The Bertz CT molecular complexity index is 1860. The number of rotatable bonds is 11. The molecule has 1 N–H and O–H groups in total. The number of aliphatic hydroxyl groups is 1. The first-order valence-electron chi connectivity index (χ1n) is 17.5. The van der Waals surface area contributed by atoms with Crippen LogP contribution in [0.3, 0.4) is 0 Å². The first kappa shape index (κ1) is 39.8. The third-order valence-electron chi connectivity index (χ3n) is 8.94. The van der Waals surface area contributed by atoms with E-state index in [1.807, 2.05) is 46.0 Å². The summed E-state index contributed by atoms with van der Waals surface area (Å²) in [5.41, 5.74) is 5.66. The van der Waals surface area contributed by atoms with Crippen LogP contribution in [-0.4, -0.2) is 25.8 Å². The molecule has 0 amide bonds. The number of benzene rings is 2. The number of allylic oxidation sites excluding steroid dienone is 2. The van der Waals surface area contributed by atoms with E-state index in [2.05, 4.69) is 92.0 Å². The Balaban J connectivity index is 0.000000347. The SMILES string of the molecule is CC(C)Cc1cc2cc(-c3cc(-c4[c-]c5ccccc5c(C(C)(C)C)c4)ncn3)oc2cn1.CCC(CC)C(=O)/C=C(\O)C(CC)CC.[Ir]. The number of ketones is 1. The Morgan fingerprint density at radius 3 is 2.18 bits per heavy atom. The zero-order valence-corrected chi connectivity index (χ0v) is 33.0. The van der Waals surface area contributed by atoms with Gasteiger partial charge < -0.3 is 9.52 Å². The van der Waals surface area contributed by atoms with Gasteiger partial charge in [-0.3, -0.25) is 14.8 Å². The summed E-state index contributed by atoms with van der Waals surface area (Å²) in [7, 11) is 0. The largest absolute Gasteiger partial charge is 0.512 e. The third-order valence-corrected chi connectivity index (χ3v) is 8.94. The van der Waals surface area contributed by atoms with Crippen LogP contribution in [0.1, 0.15) is 99.3 Å². The normalized spacial score (nSPS) is 12.0. The molecule has 5 aromatic rings. The average Bonchev–Trinajstić information content (AvgIpc) is 3.49. The fourth-order valence-electron chi connectivity index (χ4n) is 6.05. The second-order valence-corrected chi connectivity index (χ2v) is 14.1. The van der Waals surface area contributed by atoms with Crippen molar-refractivity contribution in [1.29, 1.82) is 0 Å². The van der Waals surface area contributed by atoms with Gasteiger partial charge in [-0.1, -0.05) is 91.5 Å². The van der Waals surface area contributed by atoms with Gasteiger partial charge in [0.1, 0.15) is 12.0 Å². The first-order valence-corrected chi connectivity index (χ1v) is 17.5. The number of carbonyl (C=O) groups excluding carboxylic acids is 1. The molecule has 0 saturated heterocycles. The fraction of sp³-hybridized carbons (Fsp3) is 0.429. The second kappa shape index (κ2) is 17.8. The van der Waals surface area contributed by atoms with Crippen LogP contribution < -0.4 is 0 Å². The summed E-state index contributed by atoms with van der Waals surface area (Å²) < 4.78 is 6.09. The number of aliphatic hydroxyl groups excluding tert-OH is 1. The molecule has 0 atom stereocenters. The molecule has 0 spiro atoms. The minimum Gasteiger partial charge on any atom is -0.512 e. The summed E-state index contributed by atoms with van der Waals surface area (Å²) in [6.45, 7) is 19.2. The molecule has 263 valence electrons. The number of aromatic nitrogens is 3. The van der Waals surface area contributed by atoms with Crippen LogP contribution in [0.15, 0.2) is 77.3 Å². The molecular weight excluding hydrogens is 787 g/mol. The molecule has 6 nitrogen and oxygen atoms in total. The molecular formula is C42H52IrN3O3-. The van der Waals surface area contributed by atoms with E-state index < -0.39 is 0 Å². The maximum atomic E-state index is 11.7. The molecule has 0 aliphatic rings. The number of pyridine rings is 1. The summed E-state index contributed by atoms with van der Waals surface area (Å²) in [6.07, 6.45) is 9.26. The minimum absolute atomic E-state index is 0. The van der Waals surface area contributed by atoms with Crippen LogP contribution in [0.4, 0.5) is 0 Å².